The van der Waals surface area contributed by atoms with Crippen molar-refractivity contribution < 1.29 is 10.0 Å². The van der Waals surface area contributed by atoms with E-state index in [4.69, 9.17) is 10.9 Å². The van der Waals surface area contributed by atoms with Gasteiger partial charge in [-0.25, -0.2) is 5.48 Å². The third-order valence-corrected chi connectivity index (χ3v) is 3.65. The number of nitrogens with one attached hydrogen (secondary N) is 1. The molecule has 0 atom stereocenters. The van der Waals surface area contributed by atoms with Gasteiger partial charge < -0.3 is 10.3 Å². The number of aromatic nitrogens is 1. The monoisotopic (exact) mass is 309 g/mol. The van der Waals surface area contributed by atoms with Gasteiger partial charge in [-0.1, -0.05) is 18.2 Å². The summed E-state index contributed by atoms with van der Waals surface area (Å²) < 4.78 is 1.55. The summed E-state index contributed by atoms with van der Waals surface area (Å²) >= 11 is 0. The van der Waals surface area contributed by atoms with Crippen LogP contribution in [0.1, 0.15) is 15.9 Å². The van der Waals surface area contributed by atoms with Gasteiger partial charge in [0.1, 0.15) is 0 Å². The molecule has 0 spiro atoms. The van der Waals surface area contributed by atoms with Gasteiger partial charge in [0.2, 0.25) is 0 Å². The number of rotatable bonds is 3. The predicted octanol–water partition coefficient (Wildman–Crippen LogP) is 1.75. The third-order valence-electron chi connectivity index (χ3n) is 3.65. The number of nitrogens with two attached hydrogens (primary N) is 1. The molecule has 6 heteroatoms. The molecule has 1 heterocycles. The van der Waals surface area contributed by atoms with Crippen LogP contribution in [0.15, 0.2) is 59.5 Å². The fourth-order valence-corrected chi connectivity index (χ4v) is 2.50. The maximum atomic E-state index is 12.6. The lowest BCUT2D eigenvalue weighted by atomic mass is 10.1. The summed E-state index contributed by atoms with van der Waals surface area (Å²) in [6.45, 7) is 0.385. The summed E-state index contributed by atoms with van der Waals surface area (Å²) in [7, 11) is 0. The molecule has 2 aromatic carbocycles. The molecular weight excluding hydrogens is 294 g/mol. The molecule has 4 N–H and O–H groups in total. The van der Waals surface area contributed by atoms with Crippen molar-refractivity contribution in [2.75, 3.05) is 5.73 Å². The molecule has 116 valence electrons. The Morgan fingerprint density at radius 2 is 2.00 bits per heavy atom. The van der Waals surface area contributed by atoms with Gasteiger partial charge in [0, 0.05) is 22.8 Å². The Labute approximate surface area is 131 Å². The lowest BCUT2D eigenvalue weighted by Gasteiger charge is -2.09. The molecule has 0 bridgehead atoms. The van der Waals surface area contributed by atoms with Gasteiger partial charge >= 0.3 is 0 Å². The van der Waals surface area contributed by atoms with Crippen LogP contribution in [0.4, 0.5) is 5.69 Å². The van der Waals surface area contributed by atoms with Crippen LogP contribution >= 0.6 is 0 Å². The van der Waals surface area contributed by atoms with E-state index >= 15 is 0 Å². The average molecular weight is 309 g/mol. The SMILES string of the molecule is Nc1cccc(Cn2ccc3ccc(C(=O)NO)cc3c2=O)c1. The number of hydroxylamine groups is 1. The fraction of sp³-hybridized carbons (Fsp3) is 0.0588. The molecule has 0 fully saturated rings. The van der Waals surface area contributed by atoms with Crippen LogP contribution in [0.25, 0.3) is 10.8 Å². The minimum absolute atomic E-state index is 0.211. The molecule has 1 amide bonds. The van der Waals surface area contributed by atoms with Crippen molar-refractivity contribution in [3.8, 4) is 0 Å². The summed E-state index contributed by atoms with van der Waals surface area (Å²) in [4.78, 5) is 24.1. The smallest absolute Gasteiger partial charge is 0.274 e. The molecule has 0 saturated heterocycles. The van der Waals surface area contributed by atoms with Gasteiger partial charge in [-0.15, -0.1) is 0 Å². The summed E-state index contributed by atoms with van der Waals surface area (Å²) in [5, 5.41) is 9.85. The largest absolute Gasteiger partial charge is 0.399 e. The second kappa shape index (κ2) is 5.94. The summed E-state index contributed by atoms with van der Waals surface area (Å²) in [6, 6.07) is 13.8. The van der Waals surface area contributed by atoms with Crippen molar-refractivity contribution in [1.29, 1.82) is 0 Å². The minimum atomic E-state index is -0.655. The quantitative estimate of drug-likeness (QED) is 0.390. The number of nitrogen functional groups attached to an aromatic ring is 1. The summed E-state index contributed by atoms with van der Waals surface area (Å²) in [6.07, 6.45) is 1.71. The van der Waals surface area contributed by atoms with Gasteiger partial charge in [-0.05, 0) is 41.3 Å². The molecule has 3 aromatic rings. The van der Waals surface area contributed by atoms with Crippen molar-refractivity contribution in [2.24, 2.45) is 0 Å². The number of benzene rings is 2. The summed E-state index contributed by atoms with van der Waals surface area (Å²) in [5.41, 5.74) is 8.88. The maximum Gasteiger partial charge on any atom is 0.274 e. The van der Waals surface area contributed by atoms with Crippen LogP contribution < -0.4 is 16.8 Å². The first kappa shape index (κ1) is 14.8. The zero-order valence-electron chi connectivity index (χ0n) is 12.2. The predicted molar refractivity (Wildman–Crippen MR) is 87.4 cm³/mol. The third kappa shape index (κ3) is 2.93. The molecule has 23 heavy (non-hydrogen) atoms. The fourth-order valence-electron chi connectivity index (χ4n) is 2.50. The van der Waals surface area contributed by atoms with E-state index < -0.39 is 5.91 Å². The Balaban J connectivity index is 2.07. The standard InChI is InChI=1S/C17H15N3O3/c18-14-3-1-2-11(8-14)10-20-7-6-12-4-5-13(16(21)19-23)9-15(12)17(20)22/h1-9,23H,10,18H2,(H,19,21). The first-order valence-electron chi connectivity index (χ1n) is 7.00. The van der Waals surface area contributed by atoms with Gasteiger partial charge in [0.25, 0.3) is 11.5 Å². The lowest BCUT2D eigenvalue weighted by Crippen LogP contribution is -2.22. The van der Waals surface area contributed by atoms with Gasteiger partial charge in [0.05, 0.1) is 6.54 Å². The highest BCUT2D eigenvalue weighted by Crippen LogP contribution is 2.14. The molecule has 0 unspecified atom stereocenters. The highest BCUT2D eigenvalue weighted by Gasteiger charge is 2.09. The van der Waals surface area contributed by atoms with E-state index in [1.54, 1.807) is 34.4 Å². The van der Waals surface area contributed by atoms with E-state index in [2.05, 4.69) is 0 Å². The number of carbonyl (C=O) groups is 1. The maximum absolute atomic E-state index is 12.6. The molecule has 0 aliphatic rings. The van der Waals surface area contributed by atoms with Crippen LogP contribution in [0.3, 0.4) is 0 Å². The molecule has 1 aromatic heterocycles. The highest BCUT2D eigenvalue weighted by molar-refractivity contribution is 5.97. The number of pyridine rings is 1. The lowest BCUT2D eigenvalue weighted by molar-refractivity contribution is 0.0706. The van der Waals surface area contributed by atoms with Gasteiger partial charge in [0.15, 0.2) is 0 Å². The number of carbonyl (C=O) groups excluding carboxylic acids is 1. The average Bonchev–Trinajstić information content (AvgIpc) is 2.56. The highest BCUT2D eigenvalue weighted by atomic mass is 16.5. The van der Waals surface area contributed by atoms with E-state index in [0.717, 1.165) is 10.9 Å². The number of fused-ring (bicyclic) bond motifs is 1. The van der Waals surface area contributed by atoms with Crippen molar-refractivity contribution >= 4 is 22.4 Å². The van der Waals surface area contributed by atoms with Crippen molar-refractivity contribution in [2.45, 2.75) is 6.54 Å². The number of anilines is 1. The van der Waals surface area contributed by atoms with Gasteiger partial charge in [-0.2, -0.15) is 0 Å². The Hall–Kier alpha value is -3.12. The van der Waals surface area contributed by atoms with Crippen LogP contribution in [0, 0.1) is 0 Å². The summed E-state index contributed by atoms with van der Waals surface area (Å²) in [5.74, 6) is -0.655. The van der Waals surface area contributed by atoms with Crippen LogP contribution in [0.5, 0.6) is 0 Å². The number of hydrogen-bond donors (Lipinski definition) is 3. The van der Waals surface area contributed by atoms with E-state index in [9.17, 15) is 9.59 Å². The zero-order chi connectivity index (χ0) is 16.4. The van der Waals surface area contributed by atoms with Gasteiger partial charge in [-0.3, -0.25) is 14.8 Å². The Morgan fingerprint density at radius 3 is 2.74 bits per heavy atom. The number of nitrogens with zero attached hydrogens (tertiary/aromatic N) is 1. The van der Waals surface area contributed by atoms with Crippen molar-refractivity contribution in [1.82, 2.24) is 10.0 Å². The first-order chi connectivity index (χ1) is 11.1. The van der Waals surface area contributed by atoms with Crippen LogP contribution in [-0.4, -0.2) is 15.7 Å². The zero-order valence-corrected chi connectivity index (χ0v) is 12.2. The Kier molecular flexibility index (Phi) is 3.82. The topological polar surface area (TPSA) is 97.3 Å². The second-order valence-corrected chi connectivity index (χ2v) is 5.24. The van der Waals surface area contributed by atoms with Crippen molar-refractivity contribution in [3.05, 3.63) is 76.2 Å². The normalized spacial score (nSPS) is 10.7. The molecule has 3 rings (SSSR count). The van der Waals surface area contributed by atoms with E-state index in [1.165, 1.54) is 6.07 Å². The van der Waals surface area contributed by atoms with Crippen molar-refractivity contribution in [3.63, 3.8) is 0 Å². The number of hydrogen-bond acceptors (Lipinski definition) is 4. The van der Waals surface area contributed by atoms with E-state index in [-0.39, 0.29) is 11.1 Å². The minimum Gasteiger partial charge on any atom is -0.399 e. The molecule has 0 radical (unpaired) electrons. The van der Waals surface area contributed by atoms with Crippen LogP contribution in [-0.2, 0) is 6.54 Å². The Morgan fingerprint density at radius 1 is 1.17 bits per heavy atom. The van der Waals surface area contributed by atoms with E-state index in [0.29, 0.717) is 17.6 Å². The Bertz CT molecular complexity index is 947. The second-order valence-electron chi connectivity index (χ2n) is 5.24. The molecule has 0 aliphatic carbocycles. The van der Waals surface area contributed by atoms with E-state index in [1.807, 2.05) is 24.3 Å². The molecule has 0 aliphatic heterocycles. The molecule has 0 saturated carbocycles. The molecule has 6 nitrogen and oxygen atoms in total. The molecular formula is C17H15N3O3. The van der Waals surface area contributed by atoms with Crippen LogP contribution in [0.2, 0.25) is 0 Å². The number of amides is 1. The first-order valence-corrected chi connectivity index (χ1v) is 7.00.